The number of amides is 1. The van der Waals surface area contributed by atoms with Gasteiger partial charge < -0.3 is 24.1 Å². The normalized spacial score (nSPS) is 10.7. The quantitative estimate of drug-likeness (QED) is 0.378. The van der Waals surface area contributed by atoms with Crippen molar-refractivity contribution < 1.29 is 23.8 Å². The number of ketones is 1. The summed E-state index contributed by atoms with van der Waals surface area (Å²) in [5.74, 6) is 0.623. The van der Waals surface area contributed by atoms with Crippen molar-refractivity contribution in [3.05, 3.63) is 87.8 Å². The van der Waals surface area contributed by atoms with Crippen LogP contribution < -0.4 is 25.0 Å². The molecule has 2 heterocycles. The van der Waals surface area contributed by atoms with Gasteiger partial charge in [0.1, 0.15) is 29.4 Å². The number of pyridine rings is 2. The Hall–Kier alpha value is -4.66. The molecule has 0 aliphatic carbocycles. The van der Waals surface area contributed by atoms with Crippen molar-refractivity contribution in [2.45, 2.75) is 13.5 Å². The van der Waals surface area contributed by atoms with Crippen LogP contribution in [0.1, 0.15) is 21.6 Å². The van der Waals surface area contributed by atoms with Crippen LogP contribution in [0.3, 0.4) is 0 Å². The van der Waals surface area contributed by atoms with E-state index >= 15 is 0 Å². The van der Waals surface area contributed by atoms with E-state index in [4.69, 9.17) is 14.2 Å². The fourth-order valence-corrected chi connectivity index (χ4v) is 3.81. The van der Waals surface area contributed by atoms with Crippen molar-refractivity contribution in [2.75, 3.05) is 26.6 Å². The molecule has 0 aliphatic heterocycles. The summed E-state index contributed by atoms with van der Waals surface area (Å²) in [6.45, 7) is 1.59. The SMILES string of the molecule is COc1cccc(C(=O)c2cn(CC(=O)Nc3ccc(OC)cc3OC)c3nc(C)ccc3c2=O)c1. The number of aromatic nitrogens is 2. The Balaban J connectivity index is 1.74. The van der Waals surface area contributed by atoms with Crippen LogP contribution >= 0.6 is 0 Å². The van der Waals surface area contributed by atoms with Gasteiger partial charge in [0.2, 0.25) is 11.3 Å². The summed E-state index contributed by atoms with van der Waals surface area (Å²) in [5.41, 5.74) is 1.18. The predicted molar refractivity (Wildman–Crippen MR) is 135 cm³/mol. The summed E-state index contributed by atoms with van der Waals surface area (Å²) in [7, 11) is 4.52. The molecule has 0 saturated heterocycles. The Labute approximate surface area is 207 Å². The molecule has 4 aromatic rings. The number of anilines is 1. The molecule has 2 aromatic heterocycles. The molecule has 4 rings (SSSR count). The average molecular weight is 488 g/mol. The first-order valence-electron chi connectivity index (χ1n) is 11.1. The number of hydrogen-bond acceptors (Lipinski definition) is 7. The minimum atomic E-state index is -0.479. The van der Waals surface area contributed by atoms with Gasteiger partial charge in [-0.15, -0.1) is 0 Å². The fraction of sp³-hybridized carbons (Fsp3) is 0.185. The second kappa shape index (κ2) is 10.3. The summed E-state index contributed by atoms with van der Waals surface area (Å²) in [6, 6.07) is 14.9. The highest BCUT2D eigenvalue weighted by molar-refractivity contribution is 6.10. The first kappa shape index (κ1) is 24.5. The predicted octanol–water partition coefficient (Wildman–Crippen LogP) is 3.60. The number of nitrogens with zero attached hydrogens (tertiary/aromatic N) is 2. The number of rotatable bonds is 8. The molecule has 0 atom stereocenters. The molecule has 9 heteroatoms. The monoisotopic (exact) mass is 487 g/mol. The molecule has 0 saturated carbocycles. The zero-order valence-corrected chi connectivity index (χ0v) is 20.3. The molecular weight excluding hydrogens is 462 g/mol. The molecule has 9 nitrogen and oxygen atoms in total. The molecule has 36 heavy (non-hydrogen) atoms. The minimum Gasteiger partial charge on any atom is -0.497 e. The highest BCUT2D eigenvalue weighted by atomic mass is 16.5. The van der Waals surface area contributed by atoms with Gasteiger partial charge in [-0.25, -0.2) is 4.98 Å². The molecule has 1 amide bonds. The van der Waals surface area contributed by atoms with Crippen LogP contribution in [-0.2, 0) is 11.3 Å². The summed E-state index contributed by atoms with van der Waals surface area (Å²) in [5, 5.41) is 3.04. The van der Waals surface area contributed by atoms with Crippen LogP contribution in [-0.4, -0.2) is 42.6 Å². The third-order valence-electron chi connectivity index (χ3n) is 5.63. The second-order valence-corrected chi connectivity index (χ2v) is 8.00. The van der Waals surface area contributed by atoms with Gasteiger partial charge in [-0.3, -0.25) is 14.4 Å². The number of benzene rings is 2. The lowest BCUT2D eigenvalue weighted by atomic mass is 10.0. The molecule has 0 radical (unpaired) electrons. The molecule has 0 bridgehead atoms. The van der Waals surface area contributed by atoms with Crippen LogP contribution in [0.25, 0.3) is 11.0 Å². The van der Waals surface area contributed by atoms with E-state index in [1.54, 1.807) is 61.5 Å². The Kier molecular flexibility index (Phi) is 7.00. The Morgan fingerprint density at radius 3 is 2.42 bits per heavy atom. The van der Waals surface area contributed by atoms with Gasteiger partial charge in [0.25, 0.3) is 0 Å². The standard InChI is InChI=1S/C27H25N3O6/c1-16-8-10-20-26(33)21(25(32)17-6-5-7-18(12-17)34-2)14-30(27(20)28-16)15-24(31)29-22-11-9-19(35-3)13-23(22)36-4/h5-14H,15H2,1-4H3,(H,29,31). The number of hydrogen-bond donors (Lipinski definition) is 1. The van der Waals surface area contributed by atoms with E-state index < -0.39 is 17.1 Å². The Morgan fingerprint density at radius 2 is 1.69 bits per heavy atom. The van der Waals surface area contributed by atoms with E-state index in [1.807, 2.05) is 0 Å². The zero-order valence-electron chi connectivity index (χ0n) is 20.3. The van der Waals surface area contributed by atoms with Gasteiger partial charge in [-0.05, 0) is 43.3 Å². The summed E-state index contributed by atoms with van der Waals surface area (Å²) in [6.07, 6.45) is 1.38. The van der Waals surface area contributed by atoms with E-state index in [-0.39, 0.29) is 17.5 Å². The molecule has 2 aromatic carbocycles. The maximum atomic E-state index is 13.3. The van der Waals surface area contributed by atoms with Crippen molar-refractivity contribution in [1.29, 1.82) is 0 Å². The maximum absolute atomic E-state index is 13.3. The molecule has 0 spiro atoms. The van der Waals surface area contributed by atoms with Crippen molar-refractivity contribution in [2.24, 2.45) is 0 Å². The molecule has 0 unspecified atom stereocenters. The number of carbonyl (C=O) groups excluding carboxylic acids is 2. The number of methoxy groups -OCH3 is 3. The fourth-order valence-electron chi connectivity index (χ4n) is 3.81. The smallest absolute Gasteiger partial charge is 0.244 e. The lowest BCUT2D eigenvalue weighted by Gasteiger charge is -2.15. The second-order valence-electron chi connectivity index (χ2n) is 8.00. The lowest BCUT2D eigenvalue weighted by Crippen LogP contribution is -2.25. The van der Waals surface area contributed by atoms with Gasteiger partial charge in [-0.1, -0.05) is 12.1 Å². The highest BCUT2D eigenvalue weighted by Crippen LogP contribution is 2.29. The maximum Gasteiger partial charge on any atom is 0.244 e. The largest absolute Gasteiger partial charge is 0.497 e. The highest BCUT2D eigenvalue weighted by Gasteiger charge is 2.20. The van der Waals surface area contributed by atoms with Crippen LogP contribution in [0.2, 0.25) is 0 Å². The van der Waals surface area contributed by atoms with E-state index in [9.17, 15) is 14.4 Å². The first-order valence-corrected chi connectivity index (χ1v) is 11.1. The first-order chi connectivity index (χ1) is 17.3. The molecular formula is C27H25N3O6. The Bertz CT molecular complexity index is 1530. The summed E-state index contributed by atoms with van der Waals surface area (Å²) >= 11 is 0. The van der Waals surface area contributed by atoms with Gasteiger partial charge in [0.05, 0.1) is 38.0 Å². The van der Waals surface area contributed by atoms with E-state index in [0.717, 1.165) is 0 Å². The number of nitrogens with one attached hydrogen (secondary N) is 1. The zero-order chi connectivity index (χ0) is 25.8. The van der Waals surface area contributed by atoms with Crippen molar-refractivity contribution in [3.8, 4) is 17.2 Å². The van der Waals surface area contributed by atoms with Gasteiger partial charge in [-0.2, -0.15) is 0 Å². The van der Waals surface area contributed by atoms with Crippen LogP contribution in [0.5, 0.6) is 17.2 Å². The minimum absolute atomic E-state index is 0.0729. The van der Waals surface area contributed by atoms with Crippen molar-refractivity contribution in [3.63, 3.8) is 0 Å². The number of aryl methyl sites for hydroxylation is 1. The third kappa shape index (κ3) is 4.90. The van der Waals surface area contributed by atoms with Crippen molar-refractivity contribution in [1.82, 2.24) is 9.55 Å². The van der Waals surface area contributed by atoms with E-state index in [1.165, 1.54) is 32.1 Å². The van der Waals surface area contributed by atoms with E-state index in [2.05, 4.69) is 10.3 Å². The van der Waals surface area contributed by atoms with E-state index in [0.29, 0.717) is 39.8 Å². The lowest BCUT2D eigenvalue weighted by molar-refractivity contribution is -0.116. The summed E-state index contributed by atoms with van der Waals surface area (Å²) in [4.78, 5) is 44.0. The average Bonchev–Trinajstić information content (AvgIpc) is 2.90. The van der Waals surface area contributed by atoms with Gasteiger partial charge in [0.15, 0.2) is 5.78 Å². The third-order valence-corrected chi connectivity index (χ3v) is 5.63. The topological polar surface area (TPSA) is 109 Å². The summed E-state index contributed by atoms with van der Waals surface area (Å²) < 4.78 is 17.3. The van der Waals surface area contributed by atoms with Crippen LogP contribution in [0.4, 0.5) is 5.69 Å². The van der Waals surface area contributed by atoms with Crippen molar-refractivity contribution >= 4 is 28.4 Å². The molecule has 1 N–H and O–H groups in total. The van der Waals surface area contributed by atoms with Gasteiger partial charge >= 0.3 is 0 Å². The number of carbonyl (C=O) groups is 2. The number of ether oxygens (including phenoxy) is 3. The Morgan fingerprint density at radius 1 is 0.944 bits per heavy atom. The van der Waals surface area contributed by atoms with Crippen LogP contribution in [0.15, 0.2) is 65.6 Å². The van der Waals surface area contributed by atoms with Gasteiger partial charge in [0, 0.05) is 23.5 Å². The molecule has 0 fully saturated rings. The molecule has 184 valence electrons. The molecule has 0 aliphatic rings. The van der Waals surface area contributed by atoms with Crippen LogP contribution in [0, 0.1) is 6.92 Å². The number of fused-ring (bicyclic) bond motifs is 1.